The van der Waals surface area contributed by atoms with Gasteiger partial charge in [0.05, 0.1) is 11.9 Å². The molecular formula is C12H16ClF3N4O. The van der Waals surface area contributed by atoms with E-state index < -0.39 is 18.3 Å². The molecule has 0 bridgehead atoms. The Bertz CT molecular complexity index is 540. The topological polar surface area (TPSA) is 59.0 Å². The molecule has 1 saturated heterocycles. The van der Waals surface area contributed by atoms with E-state index in [1.54, 1.807) is 0 Å². The highest BCUT2D eigenvalue weighted by molar-refractivity contribution is 6.32. The highest BCUT2D eigenvalue weighted by Gasteiger charge is 2.29. The summed E-state index contributed by atoms with van der Waals surface area (Å²) in [5.41, 5.74) is -0.684. The maximum atomic E-state index is 12.3. The van der Waals surface area contributed by atoms with Crippen LogP contribution in [0.5, 0.6) is 0 Å². The van der Waals surface area contributed by atoms with Crippen molar-refractivity contribution in [2.75, 3.05) is 18.4 Å². The van der Waals surface area contributed by atoms with Gasteiger partial charge in [0.1, 0.15) is 11.6 Å². The van der Waals surface area contributed by atoms with Crippen LogP contribution in [0.1, 0.15) is 19.3 Å². The van der Waals surface area contributed by atoms with E-state index in [9.17, 15) is 18.0 Å². The van der Waals surface area contributed by atoms with Crippen LogP contribution in [0.4, 0.5) is 18.9 Å². The van der Waals surface area contributed by atoms with Gasteiger partial charge in [0, 0.05) is 12.6 Å². The van der Waals surface area contributed by atoms with E-state index in [1.807, 2.05) is 0 Å². The fourth-order valence-electron chi connectivity index (χ4n) is 2.25. The van der Waals surface area contributed by atoms with Gasteiger partial charge in [-0.25, -0.2) is 4.68 Å². The van der Waals surface area contributed by atoms with E-state index in [0.717, 1.165) is 32.0 Å². The summed E-state index contributed by atoms with van der Waals surface area (Å²) in [5, 5.41) is 9.49. The molecule has 0 spiro atoms. The third-order valence-electron chi connectivity index (χ3n) is 3.28. The Kier molecular flexibility index (Phi) is 5.10. The molecule has 118 valence electrons. The third-order valence-corrected chi connectivity index (χ3v) is 3.65. The van der Waals surface area contributed by atoms with Crippen LogP contribution in [0.15, 0.2) is 11.0 Å². The van der Waals surface area contributed by atoms with Crippen molar-refractivity contribution in [3.8, 4) is 0 Å². The first-order chi connectivity index (χ1) is 9.87. The Balaban J connectivity index is 1.97. The molecule has 1 aliphatic rings. The van der Waals surface area contributed by atoms with Crippen LogP contribution < -0.4 is 16.2 Å². The van der Waals surface area contributed by atoms with Crippen LogP contribution in [0.3, 0.4) is 0 Å². The van der Waals surface area contributed by atoms with Crippen molar-refractivity contribution >= 4 is 17.3 Å². The summed E-state index contributed by atoms with van der Waals surface area (Å²) >= 11 is 5.80. The second-order valence-electron chi connectivity index (χ2n) is 4.96. The predicted molar refractivity (Wildman–Crippen MR) is 73.7 cm³/mol. The molecule has 0 saturated carbocycles. The standard InChI is InChI=1S/C12H16ClF3N4O/c13-10-9(18-5-3-8-2-1-4-17-8)6-19-20(11(10)21)7-12(14,15)16/h6,8,17-18H,1-5,7H2/t8-/m1/s1. The van der Waals surface area contributed by atoms with Crippen LogP contribution in [0.2, 0.25) is 5.02 Å². The summed E-state index contributed by atoms with van der Waals surface area (Å²) in [6, 6.07) is 0.426. The summed E-state index contributed by atoms with van der Waals surface area (Å²) in [5.74, 6) is 0. The van der Waals surface area contributed by atoms with Crippen LogP contribution in [0.25, 0.3) is 0 Å². The molecule has 1 aromatic heterocycles. The van der Waals surface area contributed by atoms with Crippen molar-refractivity contribution in [1.29, 1.82) is 0 Å². The molecule has 5 nitrogen and oxygen atoms in total. The molecule has 9 heteroatoms. The quantitative estimate of drug-likeness (QED) is 0.870. The molecular weight excluding hydrogens is 309 g/mol. The Labute approximate surface area is 124 Å². The number of hydrogen-bond acceptors (Lipinski definition) is 4. The number of nitrogens with one attached hydrogen (secondary N) is 2. The molecule has 0 amide bonds. The molecule has 2 N–H and O–H groups in total. The molecule has 0 radical (unpaired) electrons. The number of aromatic nitrogens is 2. The molecule has 1 atom stereocenters. The van der Waals surface area contributed by atoms with Crippen LogP contribution in [0, 0.1) is 0 Å². The smallest absolute Gasteiger partial charge is 0.382 e. The van der Waals surface area contributed by atoms with E-state index in [0.29, 0.717) is 17.3 Å². The van der Waals surface area contributed by atoms with E-state index in [1.165, 1.54) is 0 Å². The molecule has 0 aromatic carbocycles. The van der Waals surface area contributed by atoms with Gasteiger partial charge in [0.25, 0.3) is 5.56 Å². The minimum Gasteiger partial charge on any atom is -0.382 e. The number of hydrogen-bond donors (Lipinski definition) is 2. The predicted octanol–water partition coefficient (Wildman–Crippen LogP) is 2.01. The lowest BCUT2D eigenvalue weighted by molar-refractivity contribution is -0.143. The number of rotatable bonds is 5. The molecule has 2 heterocycles. The third kappa shape index (κ3) is 4.60. The largest absolute Gasteiger partial charge is 0.408 e. The maximum Gasteiger partial charge on any atom is 0.408 e. The van der Waals surface area contributed by atoms with Gasteiger partial charge in [-0.1, -0.05) is 11.6 Å². The molecule has 21 heavy (non-hydrogen) atoms. The van der Waals surface area contributed by atoms with E-state index in [-0.39, 0.29) is 10.7 Å². The Morgan fingerprint density at radius 1 is 1.52 bits per heavy atom. The first-order valence-electron chi connectivity index (χ1n) is 6.66. The molecule has 1 aliphatic heterocycles. The lowest BCUT2D eigenvalue weighted by Gasteiger charge is -2.13. The van der Waals surface area contributed by atoms with Crippen molar-refractivity contribution in [3.05, 3.63) is 21.6 Å². The lowest BCUT2D eigenvalue weighted by atomic mass is 10.1. The van der Waals surface area contributed by atoms with Gasteiger partial charge in [0.15, 0.2) is 0 Å². The zero-order valence-corrected chi connectivity index (χ0v) is 12.0. The number of anilines is 1. The van der Waals surface area contributed by atoms with Crippen molar-refractivity contribution in [2.24, 2.45) is 0 Å². The fourth-order valence-corrected chi connectivity index (χ4v) is 2.47. The zero-order chi connectivity index (χ0) is 15.5. The molecule has 0 aliphatic carbocycles. The SMILES string of the molecule is O=c1c(Cl)c(NCC[C@H]2CCCN2)cnn1CC(F)(F)F. The molecule has 1 aromatic rings. The fraction of sp³-hybridized carbons (Fsp3) is 0.667. The summed E-state index contributed by atoms with van der Waals surface area (Å²) in [4.78, 5) is 11.7. The van der Waals surface area contributed by atoms with E-state index >= 15 is 0 Å². The minimum absolute atomic E-state index is 0.262. The minimum atomic E-state index is -4.51. The highest BCUT2D eigenvalue weighted by atomic mass is 35.5. The van der Waals surface area contributed by atoms with E-state index in [2.05, 4.69) is 15.7 Å². The van der Waals surface area contributed by atoms with Gasteiger partial charge >= 0.3 is 6.18 Å². The summed E-state index contributed by atoms with van der Waals surface area (Å²) in [7, 11) is 0. The summed E-state index contributed by atoms with van der Waals surface area (Å²) in [6.07, 6.45) is -0.274. The Morgan fingerprint density at radius 2 is 2.29 bits per heavy atom. The van der Waals surface area contributed by atoms with Gasteiger partial charge in [-0.2, -0.15) is 18.3 Å². The first kappa shape index (κ1) is 16.1. The highest BCUT2D eigenvalue weighted by Crippen LogP contribution is 2.19. The van der Waals surface area contributed by atoms with Gasteiger partial charge < -0.3 is 10.6 Å². The van der Waals surface area contributed by atoms with Crippen molar-refractivity contribution in [1.82, 2.24) is 15.1 Å². The number of alkyl halides is 3. The molecule has 1 fully saturated rings. The van der Waals surface area contributed by atoms with Crippen molar-refractivity contribution < 1.29 is 13.2 Å². The van der Waals surface area contributed by atoms with E-state index in [4.69, 9.17) is 11.6 Å². The van der Waals surface area contributed by atoms with Gasteiger partial charge in [0.2, 0.25) is 0 Å². The van der Waals surface area contributed by atoms with Crippen molar-refractivity contribution in [3.63, 3.8) is 0 Å². The average molecular weight is 325 g/mol. The van der Waals surface area contributed by atoms with Gasteiger partial charge in [-0.05, 0) is 25.8 Å². The van der Waals surface area contributed by atoms with Crippen LogP contribution in [-0.4, -0.2) is 35.1 Å². The second-order valence-corrected chi connectivity index (χ2v) is 5.34. The average Bonchev–Trinajstić information content (AvgIpc) is 2.89. The molecule has 0 unspecified atom stereocenters. The monoisotopic (exact) mass is 324 g/mol. The Morgan fingerprint density at radius 3 is 2.90 bits per heavy atom. The first-order valence-corrected chi connectivity index (χ1v) is 7.04. The van der Waals surface area contributed by atoms with Crippen LogP contribution >= 0.6 is 11.6 Å². The van der Waals surface area contributed by atoms with Crippen LogP contribution in [-0.2, 0) is 6.54 Å². The lowest BCUT2D eigenvalue weighted by Crippen LogP contribution is -2.31. The van der Waals surface area contributed by atoms with Gasteiger partial charge in [-0.3, -0.25) is 4.79 Å². The Hall–Kier alpha value is -1.28. The number of halogens is 4. The normalized spacial score (nSPS) is 19.0. The number of nitrogens with zero attached hydrogens (tertiary/aromatic N) is 2. The second kappa shape index (κ2) is 6.65. The zero-order valence-electron chi connectivity index (χ0n) is 11.2. The maximum absolute atomic E-state index is 12.3. The van der Waals surface area contributed by atoms with Crippen molar-refractivity contribution in [2.45, 2.75) is 38.0 Å². The summed E-state index contributed by atoms with van der Waals surface area (Å²) < 4.78 is 37.1. The summed E-state index contributed by atoms with van der Waals surface area (Å²) in [6.45, 7) is 0.125. The molecule has 2 rings (SSSR count). The van der Waals surface area contributed by atoms with Gasteiger partial charge in [-0.15, -0.1) is 0 Å².